The molecule has 0 atom stereocenters. The maximum atomic E-state index is 13.3. The van der Waals surface area contributed by atoms with Gasteiger partial charge in [0.25, 0.3) is 5.56 Å². The molecule has 0 aliphatic rings. The summed E-state index contributed by atoms with van der Waals surface area (Å²) in [6, 6.07) is 24.3. The first-order valence-electron chi connectivity index (χ1n) is 10.1. The van der Waals surface area contributed by atoms with E-state index in [0.717, 1.165) is 22.0 Å². The van der Waals surface area contributed by atoms with Gasteiger partial charge in [-0.15, -0.1) is 0 Å². The van der Waals surface area contributed by atoms with Crippen LogP contribution in [0.2, 0.25) is 0 Å². The van der Waals surface area contributed by atoms with E-state index in [1.165, 1.54) is 4.68 Å². The van der Waals surface area contributed by atoms with E-state index in [2.05, 4.69) is 5.10 Å². The van der Waals surface area contributed by atoms with E-state index in [1.807, 2.05) is 66.7 Å². The summed E-state index contributed by atoms with van der Waals surface area (Å²) in [5.74, 6) is 0.0157. The van der Waals surface area contributed by atoms with Gasteiger partial charge in [-0.1, -0.05) is 60.7 Å². The molecule has 0 spiro atoms. The van der Waals surface area contributed by atoms with Crippen LogP contribution in [0.15, 0.2) is 95.0 Å². The van der Waals surface area contributed by atoms with Crippen molar-refractivity contribution in [3.8, 4) is 11.4 Å². The zero-order valence-corrected chi connectivity index (χ0v) is 17.1. The number of hydrogen-bond donors (Lipinski definition) is 1. The number of carbonyl (C=O) groups excluding carboxylic acids is 1. The van der Waals surface area contributed by atoms with Crippen molar-refractivity contribution in [2.75, 3.05) is 0 Å². The highest BCUT2D eigenvalue weighted by Gasteiger charge is 2.13. The summed E-state index contributed by atoms with van der Waals surface area (Å²) >= 11 is 0. The molecule has 0 aliphatic heterocycles. The van der Waals surface area contributed by atoms with Gasteiger partial charge in [0.05, 0.1) is 17.1 Å². The van der Waals surface area contributed by atoms with E-state index in [1.54, 1.807) is 29.1 Å². The lowest BCUT2D eigenvalue weighted by molar-refractivity contribution is -0.118. The van der Waals surface area contributed by atoms with Crippen molar-refractivity contribution in [2.24, 2.45) is 10.8 Å². The number of hydrogen-bond acceptors (Lipinski definition) is 4. The zero-order valence-electron chi connectivity index (χ0n) is 17.1. The van der Waals surface area contributed by atoms with Gasteiger partial charge in [0.1, 0.15) is 6.54 Å². The Bertz CT molecular complexity index is 1550. The Balaban J connectivity index is 1.70. The number of para-hydroxylation sites is 2. The third-order valence-corrected chi connectivity index (χ3v) is 5.24. The van der Waals surface area contributed by atoms with Crippen LogP contribution in [0.25, 0.3) is 33.2 Å². The maximum absolute atomic E-state index is 13.3. The Morgan fingerprint density at radius 3 is 2.41 bits per heavy atom. The van der Waals surface area contributed by atoms with Crippen molar-refractivity contribution < 1.29 is 4.79 Å². The first kappa shape index (κ1) is 19.4. The highest BCUT2D eigenvalue weighted by atomic mass is 16.1. The first-order valence-corrected chi connectivity index (χ1v) is 10.1. The summed E-state index contributed by atoms with van der Waals surface area (Å²) in [7, 11) is 0. The Labute approximate surface area is 183 Å². The molecule has 0 saturated heterocycles. The summed E-state index contributed by atoms with van der Waals surface area (Å²) in [4.78, 5) is 29.5. The second-order valence-electron chi connectivity index (χ2n) is 7.38. The molecule has 0 aliphatic carbocycles. The third kappa shape index (κ3) is 3.45. The predicted octanol–water partition coefficient (Wildman–Crippen LogP) is 3.39. The molecule has 156 valence electrons. The lowest BCUT2D eigenvalue weighted by atomic mass is 10.2. The van der Waals surface area contributed by atoms with E-state index in [9.17, 15) is 9.59 Å². The van der Waals surface area contributed by atoms with Gasteiger partial charge in [0.2, 0.25) is 5.91 Å². The average molecular weight is 421 g/mol. The number of rotatable bonds is 5. The fourth-order valence-corrected chi connectivity index (χ4v) is 3.80. The monoisotopic (exact) mass is 421 g/mol. The molecule has 0 bridgehead atoms. The van der Waals surface area contributed by atoms with Crippen LogP contribution in [0.5, 0.6) is 0 Å². The van der Waals surface area contributed by atoms with E-state index < -0.39 is 5.91 Å². The molecule has 2 heterocycles. The molecule has 1 amide bonds. The maximum Gasteiger partial charge on any atom is 0.282 e. The molecule has 5 aromatic rings. The molecule has 0 radical (unpaired) electrons. The topological polar surface area (TPSA) is 95.3 Å². The molecule has 0 saturated carbocycles. The van der Waals surface area contributed by atoms with Gasteiger partial charge in [0.15, 0.2) is 5.82 Å². The number of benzene rings is 3. The summed E-state index contributed by atoms with van der Waals surface area (Å²) < 4.78 is 3.09. The van der Waals surface area contributed by atoms with Crippen LogP contribution >= 0.6 is 0 Å². The quantitative estimate of drug-likeness (QED) is 0.441. The number of aromatic nitrogens is 3. The Hall–Kier alpha value is -4.52. The summed E-state index contributed by atoms with van der Waals surface area (Å²) in [6.45, 7) is 0.0566. The molecule has 7 heteroatoms. The summed E-state index contributed by atoms with van der Waals surface area (Å²) in [5.41, 5.74) is 8.16. The second kappa shape index (κ2) is 7.96. The Kier molecular flexibility index (Phi) is 4.84. The van der Waals surface area contributed by atoms with Crippen LogP contribution < -0.4 is 11.3 Å². The van der Waals surface area contributed by atoms with Gasteiger partial charge < -0.3 is 10.3 Å². The van der Waals surface area contributed by atoms with Gasteiger partial charge in [-0.25, -0.2) is 4.98 Å². The van der Waals surface area contributed by atoms with E-state index >= 15 is 0 Å². The highest BCUT2D eigenvalue weighted by Crippen LogP contribution is 2.21. The number of primary amides is 1. The fourth-order valence-electron chi connectivity index (χ4n) is 3.80. The van der Waals surface area contributed by atoms with Crippen molar-refractivity contribution in [3.63, 3.8) is 0 Å². The molecule has 7 nitrogen and oxygen atoms in total. The van der Waals surface area contributed by atoms with E-state index in [0.29, 0.717) is 16.7 Å². The minimum Gasteiger partial charge on any atom is -0.368 e. The standard InChI is InChI=1S/C25H19N5O2/c26-23(31)16-29-15-18(19-10-5-7-13-22(19)29)14-27-30-24(17-8-2-1-3-9-17)28-21-12-6-4-11-20(21)25(30)32/h1-15H,16H2,(H2,26,31). The van der Waals surface area contributed by atoms with Crippen LogP contribution in [0, 0.1) is 0 Å². The van der Waals surface area contributed by atoms with Gasteiger partial charge in [-0.3, -0.25) is 9.59 Å². The van der Waals surface area contributed by atoms with Gasteiger partial charge >= 0.3 is 0 Å². The molecule has 0 unspecified atom stereocenters. The van der Waals surface area contributed by atoms with Crippen LogP contribution in [0.1, 0.15) is 5.56 Å². The zero-order chi connectivity index (χ0) is 22.1. The van der Waals surface area contributed by atoms with Crippen molar-refractivity contribution in [3.05, 3.63) is 101 Å². The molecule has 2 aromatic heterocycles. The van der Waals surface area contributed by atoms with Crippen molar-refractivity contribution in [2.45, 2.75) is 6.54 Å². The van der Waals surface area contributed by atoms with Crippen molar-refractivity contribution in [1.82, 2.24) is 14.2 Å². The Morgan fingerprint density at radius 1 is 0.938 bits per heavy atom. The average Bonchev–Trinajstić information content (AvgIpc) is 3.16. The number of fused-ring (bicyclic) bond motifs is 2. The van der Waals surface area contributed by atoms with Crippen LogP contribution in [-0.2, 0) is 11.3 Å². The third-order valence-electron chi connectivity index (χ3n) is 5.24. The van der Waals surface area contributed by atoms with Gasteiger partial charge in [-0.2, -0.15) is 9.78 Å². The number of amides is 1. The molecular formula is C25H19N5O2. The van der Waals surface area contributed by atoms with Crippen LogP contribution in [0.4, 0.5) is 0 Å². The molecule has 3 aromatic carbocycles. The van der Waals surface area contributed by atoms with Gasteiger partial charge in [-0.05, 0) is 18.2 Å². The number of nitrogens with zero attached hydrogens (tertiary/aromatic N) is 4. The molecular weight excluding hydrogens is 402 g/mol. The van der Waals surface area contributed by atoms with Crippen LogP contribution in [-0.4, -0.2) is 26.3 Å². The minimum absolute atomic E-state index is 0.0566. The van der Waals surface area contributed by atoms with Crippen LogP contribution in [0.3, 0.4) is 0 Å². The van der Waals surface area contributed by atoms with Crippen molar-refractivity contribution >= 4 is 33.9 Å². The smallest absolute Gasteiger partial charge is 0.282 e. The molecule has 32 heavy (non-hydrogen) atoms. The first-order chi connectivity index (χ1) is 15.6. The lowest BCUT2D eigenvalue weighted by Gasteiger charge is -2.09. The summed E-state index contributed by atoms with van der Waals surface area (Å²) in [5, 5.41) is 5.92. The number of nitrogens with two attached hydrogens (primary N) is 1. The minimum atomic E-state index is -0.435. The predicted molar refractivity (Wildman–Crippen MR) is 126 cm³/mol. The SMILES string of the molecule is NC(=O)Cn1cc(C=Nn2c(-c3ccccc3)nc3ccccc3c2=O)c2ccccc21. The van der Waals surface area contributed by atoms with E-state index in [-0.39, 0.29) is 12.1 Å². The normalized spacial score (nSPS) is 11.5. The number of carbonyl (C=O) groups is 1. The second-order valence-corrected chi connectivity index (χ2v) is 7.38. The molecule has 5 rings (SSSR count). The largest absolute Gasteiger partial charge is 0.368 e. The molecule has 2 N–H and O–H groups in total. The van der Waals surface area contributed by atoms with E-state index in [4.69, 9.17) is 10.7 Å². The molecule has 0 fully saturated rings. The highest BCUT2D eigenvalue weighted by molar-refractivity contribution is 6.00. The van der Waals surface area contributed by atoms with Gasteiger partial charge in [0, 0.05) is 28.2 Å². The lowest BCUT2D eigenvalue weighted by Crippen LogP contribution is -2.20. The summed E-state index contributed by atoms with van der Waals surface area (Å²) in [6.07, 6.45) is 3.42. The van der Waals surface area contributed by atoms with Crippen molar-refractivity contribution in [1.29, 1.82) is 0 Å². The fraction of sp³-hybridized carbons (Fsp3) is 0.0400. The Morgan fingerprint density at radius 2 is 1.62 bits per heavy atom.